The maximum Gasteiger partial charge on any atom is 0.255 e. The Bertz CT molecular complexity index is 646. The molecule has 0 saturated carbocycles. The fourth-order valence-electron chi connectivity index (χ4n) is 1.87. The number of hydrogen-bond acceptors (Lipinski definition) is 2. The minimum Gasteiger partial charge on any atom is -0.322 e. The van der Waals surface area contributed by atoms with Gasteiger partial charge in [0.05, 0.1) is 5.02 Å². The van der Waals surface area contributed by atoms with E-state index in [1.807, 2.05) is 24.3 Å². The summed E-state index contributed by atoms with van der Waals surface area (Å²) < 4.78 is 0.772. The van der Waals surface area contributed by atoms with Gasteiger partial charge in [-0.25, -0.2) is 0 Å². The molecular weight excluding hydrogens is 352 g/mol. The lowest BCUT2D eigenvalue weighted by Gasteiger charge is -2.08. The first-order chi connectivity index (χ1) is 10.1. The topological polar surface area (TPSA) is 41.1 Å². The van der Waals surface area contributed by atoms with Crippen molar-refractivity contribution in [2.45, 2.75) is 13.5 Å². The van der Waals surface area contributed by atoms with Crippen molar-refractivity contribution >= 4 is 39.1 Å². The van der Waals surface area contributed by atoms with Crippen molar-refractivity contribution in [1.29, 1.82) is 0 Å². The van der Waals surface area contributed by atoms with Crippen LogP contribution in [0.3, 0.4) is 0 Å². The van der Waals surface area contributed by atoms with Crippen molar-refractivity contribution in [3.8, 4) is 0 Å². The van der Waals surface area contributed by atoms with Crippen LogP contribution in [0.1, 0.15) is 22.8 Å². The number of hydrogen-bond donors (Lipinski definition) is 2. The second-order valence-corrected chi connectivity index (χ2v) is 5.83. The van der Waals surface area contributed by atoms with E-state index < -0.39 is 0 Å². The molecule has 0 saturated heterocycles. The molecule has 3 nitrogen and oxygen atoms in total. The van der Waals surface area contributed by atoms with Gasteiger partial charge in [-0.15, -0.1) is 0 Å². The fraction of sp³-hybridized carbons (Fsp3) is 0.188. The van der Waals surface area contributed by atoms with E-state index in [0.717, 1.165) is 28.8 Å². The molecule has 0 spiro atoms. The van der Waals surface area contributed by atoms with Crippen LogP contribution in [0.25, 0.3) is 0 Å². The van der Waals surface area contributed by atoms with Crippen molar-refractivity contribution in [2.75, 3.05) is 11.9 Å². The molecule has 2 N–H and O–H groups in total. The second kappa shape index (κ2) is 7.59. The summed E-state index contributed by atoms with van der Waals surface area (Å²) >= 11 is 9.32. The highest BCUT2D eigenvalue weighted by atomic mass is 79.9. The molecule has 0 aliphatic carbocycles. The van der Waals surface area contributed by atoms with Crippen LogP contribution in [0.2, 0.25) is 5.02 Å². The molecule has 0 heterocycles. The molecular formula is C16H16BrClN2O. The van der Waals surface area contributed by atoms with Crippen LogP contribution < -0.4 is 10.6 Å². The Morgan fingerprint density at radius 3 is 2.76 bits per heavy atom. The average molecular weight is 368 g/mol. The van der Waals surface area contributed by atoms with Crippen molar-refractivity contribution < 1.29 is 4.79 Å². The van der Waals surface area contributed by atoms with Crippen LogP contribution in [0, 0.1) is 0 Å². The van der Waals surface area contributed by atoms with Crippen molar-refractivity contribution in [1.82, 2.24) is 5.32 Å². The monoisotopic (exact) mass is 366 g/mol. The van der Waals surface area contributed by atoms with Crippen LogP contribution in [0.15, 0.2) is 46.9 Å². The van der Waals surface area contributed by atoms with E-state index in [4.69, 9.17) is 11.6 Å². The summed E-state index contributed by atoms with van der Waals surface area (Å²) in [4.78, 5) is 12.2. The van der Waals surface area contributed by atoms with Gasteiger partial charge in [0.15, 0.2) is 0 Å². The first kappa shape index (κ1) is 16.0. The summed E-state index contributed by atoms with van der Waals surface area (Å²) in [5.74, 6) is -0.176. The van der Waals surface area contributed by atoms with E-state index in [1.54, 1.807) is 18.2 Å². The number of halogens is 2. The lowest BCUT2D eigenvalue weighted by Crippen LogP contribution is -2.14. The zero-order valence-corrected chi connectivity index (χ0v) is 14.0. The highest BCUT2D eigenvalue weighted by molar-refractivity contribution is 9.10. The minimum absolute atomic E-state index is 0.176. The van der Waals surface area contributed by atoms with Gasteiger partial charge < -0.3 is 10.6 Å². The van der Waals surface area contributed by atoms with Crippen LogP contribution in [0.5, 0.6) is 0 Å². The molecule has 0 bridgehead atoms. The van der Waals surface area contributed by atoms with Gasteiger partial charge in [0.1, 0.15) is 0 Å². The smallest absolute Gasteiger partial charge is 0.255 e. The van der Waals surface area contributed by atoms with Crippen LogP contribution in [-0.2, 0) is 6.54 Å². The van der Waals surface area contributed by atoms with Gasteiger partial charge in [-0.3, -0.25) is 4.79 Å². The predicted octanol–water partition coefficient (Wildman–Crippen LogP) is 4.46. The average Bonchev–Trinajstić information content (AvgIpc) is 2.48. The Morgan fingerprint density at radius 1 is 1.24 bits per heavy atom. The molecule has 2 rings (SSSR count). The zero-order chi connectivity index (χ0) is 15.2. The Labute approximate surface area is 137 Å². The molecule has 0 radical (unpaired) electrons. The Morgan fingerprint density at radius 2 is 2.05 bits per heavy atom. The molecule has 0 unspecified atom stereocenters. The number of nitrogens with one attached hydrogen (secondary N) is 2. The number of carbonyl (C=O) groups excluding carboxylic acids is 1. The number of carbonyl (C=O) groups is 1. The third-order valence-corrected chi connectivity index (χ3v) is 4.18. The lowest BCUT2D eigenvalue weighted by atomic mass is 10.1. The van der Waals surface area contributed by atoms with Crippen molar-refractivity contribution in [2.24, 2.45) is 0 Å². The van der Waals surface area contributed by atoms with E-state index in [2.05, 4.69) is 33.5 Å². The van der Waals surface area contributed by atoms with E-state index in [9.17, 15) is 4.79 Å². The molecule has 0 atom stereocenters. The highest BCUT2D eigenvalue weighted by Gasteiger charge is 2.08. The van der Waals surface area contributed by atoms with Gasteiger partial charge in [0.2, 0.25) is 0 Å². The molecule has 0 aliphatic rings. The van der Waals surface area contributed by atoms with Gasteiger partial charge in [-0.2, -0.15) is 0 Å². The number of anilines is 1. The Hall–Kier alpha value is -1.36. The Kier molecular flexibility index (Phi) is 5.79. The number of rotatable bonds is 5. The molecule has 5 heteroatoms. The molecule has 2 aromatic rings. The molecule has 0 fully saturated rings. The molecule has 110 valence electrons. The van der Waals surface area contributed by atoms with Crippen LogP contribution in [-0.4, -0.2) is 12.5 Å². The third-order valence-electron chi connectivity index (χ3n) is 2.95. The molecule has 1 amide bonds. The second-order valence-electron chi connectivity index (χ2n) is 4.56. The van der Waals surface area contributed by atoms with E-state index in [0.29, 0.717) is 10.6 Å². The summed E-state index contributed by atoms with van der Waals surface area (Å²) in [5, 5.41) is 6.65. The molecule has 0 aromatic heterocycles. The predicted molar refractivity (Wildman–Crippen MR) is 90.9 cm³/mol. The standard InChI is InChI=1S/C16H16BrClN2O/c1-2-19-10-11-4-3-5-13(8-11)20-16(21)12-6-7-14(17)15(18)9-12/h3-9,19H,2,10H2,1H3,(H,20,21). The minimum atomic E-state index is -0.176. The van der Waals surface area contributed by atoms with Crippen molar-refractivity contribution in [3.63, 3.8) is 0 Å². The fourth-order valence-corrected chi connectivity index (χ4v) is 2.30. The van der Waals surface area contributed by atoms with E-state index in [1.165, 1.54) is 0 Å². The normalized spacial score (nSPS) is 10.4. The number of benzene rings is 2. The summed E-state index contributed by atoms with van der Waals surface area (Å²) in [6.45, 7) is 3.75. The molecule has 2 aromatic carbocycles. The van der Waals surface area contributed by atoms with Gasteiger partial charge >= 0.3 is 0 Å². The maximum absolute atomic E-state index is 12.2. The highest BCUT2D eigenvalue weighted by Crippen LogP contribution is 2.23. The molecule has 0 aliphatic heterocycles. The van der Waals surface area contributed by atoms with Gasteiger partial charge in [-0.05, 0) is 58.4 Å². The van der Waals surface area contributed by atoms with E-state index >= 15 is 0 Å². The lowest BCUT2D eigenvalue weighted by molar-refractivity contribution is 0.102. The van der Waals surface area contributed by atoms with Crippen molar-refractivity contribution in [3.05, 3.63) is 63.1 Å². The first-order valence-electron chi connectivity index (χ1n) is 6.66. The van der Waals surface area contributed by atoms with Gasteiger partial charge in [0.25, 0.3) is 5.91 Å². The zero-order valence-electron chi connectivity index (χ0n) is 11.6. The summed E-state index contributed by atoms with van der Waals surface area (Å²) in [6.07, 6.45) is 0. The first-order valence-corrected chi connectivity index (χ1v) is 7.83. The van der Waals surface area contributed by atoms with Gasteiger partial charge in [0, 0.05) is 22.3 Å². The maximum atomic E-state index is 12.2. The quantitative estimate of drug-likeness (QED) is 0.819. The summed E-state index contributed by atoms with van der Waals surface area (Å²) in [6, 6.07) is 12.9. The summed E-state index contributed by atoms with van der Waals surface area (Å²) in [5.41, 5.74) is 2.43. The van der Waals surface area contributed by atoms with Gasteiger partial charge in [-0.1, -0.05) is 30.7 Å². The van der Waals surface area contributed by atoms with Crippen LogP contribution >= 0.6 is 27.5 Å². The summed E-state index contributed by atoms with van der Waals surface area (Å²) in [7, 11) is 0. The largest absolute Gasteiger partial charge is 0.322 e. The Balaban J connectivity index is 2.10. The number of amides is 1. The van der Waals surface area contributed by atoms with E-state index in [-0.39, 0.29) is 5.91 Å². The van der Waals surface area contributed by atoms with Crippen LogP contribution in [0.4, 0.5) is 5.69 Å². The third kappa shape index (κ3) is 4.56. The SMILES string of the molecule is CCNCc1cccc(NC(=O)c2ccc(Br)c(Cl)c2)c1. The molecule has 21 heavy (non-hydrogen) atoms.